The van der Waals surface area contributed by atoms with Crippen molar-refractivity contribution in [3.63, 3.8) is 0 Å². The number of benzene rings is 1. The number of rotatable bonds is 4. The summed E-state index contributed by atoms with van der Waals surface area (Å²) in [6.07, 6.45) is 1.17. The standard InChI is InChI=1S/C12H14ClFO3S/c13-10-8-9(2-3-11(10)14)18(15)7-4-12-16-5-1-6-17-12/h2-3,8,12H,1,4-7H2. The van der Waals surface area contributed by atoms with E-state index in [1.165, 1.54) is 18.2 Å². The lowest BCUT2D eigenvalue weighted by Crippen LogP contribution is -2.26. The number of hydrogen-bond acceptors (Lipinski definition) is 3. The number of halogens is 2. The topological polar surface area (TPSA) is 35.5 Å². The van der Waals surface area contributed by atoms with E-state index in [4.69, 9.17) is 21.1 Å². The minimum absolute atomic E-state index is 0.00832. The van der Waals surface area contributed by atoms with Crippen molar-refractivity contribution in [3.8, 4) is 0 Å². The number of ether oxygens (including phenoxy) is 2. The van der Waals surface area contributed by atoms with Crippen molar-refractivity contribution in [2.45, 2.75) is 24.0 Å². The highest BCUT2D eigenvalue weighted by molar-refractivity contribution is 7.85. The van der Waals surface area contributed by atoms with Crippen LogP contribution in [0.25, 0.3) is 0 Å². The van der Waals surface area contributed by atoms with Crippen LogP contribution in [-0.4, -0.2) is 29.5 Å². The largest absolute Gasteiger partial charge is 0.353 e. The summed E-state index contributed by atoms with van der Waals surface area (Å²) in [6, 6.07) is 4.11. The molecule has 0 N–H and O–H groups in total. The Kier molecular flexibility index (Phi) is 5.12. The second-order valence-electron chi connectivity index (χ2n) is 3.94. The van der Waals surface area contributed by atoms with Gasteiger partial charge in [0.05, 0.1) is 29.0 Å². The van der Waals surface area contributed by atoms with Crippen LogP contribution < -0.4 is 0 Å². The normalized spacial score (nSPS) is 18.8. The van der Waals surface area contributed by atoms with Crippen LogP contribution in [0.3, 0.4) is 0 Å². The first kappa shape index (κ1) is 13.9. The van der Waals surface area contributed by atoms with Gasteiger partial charge in [-0.25, -0.2) is 4.39 Å². The molecule has 0 radical (unpaired) electrons. The number of hydrogen-bond donors (Lipinski definition) is 0. The summed E-state index contributed by atoms with van der Waals surface area (Å²) >= 11 is 5.65. The van der Waals surface area contributed by atoms with E-state index in [-0.39, 0.29) is 11.3 Å². The van der Waals surface area contributed by atoms with Crippen LogP contribution in [0.15, 0.2) is 23.1 Å². The van der Waals surface area contributed by atoms with Crippen LogP contribution >= 0.6 is 11.6 Å². The highest BCUT2D eigenvalue weighted by Gasteiger charge is 2.16. The summed E-state index contributed by atoms with van der Waals surface area (Å²) < 4.78 is 35.7. The molecule has 1 unspecified atom stereocenters. The Labute approximate surface area is 113 Å². The maximum absolute atomic E-state index is 13.0. The second kappa shape index (κ2) is 6.61. The smallest absolute Gasteiger partial charge is 0.158 e. The fourth-order valence-electron chi connectivity index (χ4n) is 1.64. The van der Waals surface area contributed by atoms with Crippen LogP contribution in [-0.2, 0) is 20.3 Å². The van der Waals surface area contributed by atoms with Crippen LogP contribution in [0.2, 0.25) is 5.02 Å². The van der Waals surface area contributed by atoms with Gasteiger partial charge in [0.25, 0.3) is 0 Å². The lowest BCUT2D eigenvalue weighted by Gasteiger charge is -2.22. The minimum atomic E-state index is -1.21. The van der Waals surface area contributed by atoms with Gasteiger partial charge in [-0.15, -0.1) is 0 Å². The molecule has 1 heterocycles. The first-order valence-electron chi connectivity index (χ1n) is 5.73. The molecule has 1 fully saturated rings. The highest BCUT2D eigenvalue weighted by atomic mass is 35.5. The van der Waals surface area contributed by atoms with Crippen molar-refractivity contribution in [3.05, 3.63) is 29.0 Å². The average molecular weight is 293 g/mol. The summed E-state index contributed by atoms with van der Waals surface area (Å²) in [4.78, 5) is 0.525. The monoisotopic (exact) mass is 292 g/mol. The van der Waals surface area contributed by atoms with Gasteiger partial charge in [0.2, 0.25) is 0 Å². The zero-order chi connectivity index (χ0) is 13.0. The molecule has 0 saturated carbocycles. The van der Waals surface area contributed by atoms with Crippen molar-refractivity contribution < 1.29 is 18.1 Å². The molecule has 0 amide bonds. The van der Waals surface area contributed by atoms with E-state index in [0.29, 0.717) is 30.3 Å². The van der Waals surface area contributed by atoms with Crippen molar-refractivity contribution >= 4 is 22.4 Å². The summed E-state index contributed by atoms with van der Waals surface area (Å²) in [5.74, 6) is -0.0940. The van der Waals surface area contributed by atoms with Gasteiger partial charge in [0.15, 0.2) is 6.29 Å². The summed E-state index contributed by atoms with van der Waals surface area (Å²) in [5.41, 5.74) is 0. The molecule has 2 rings (SSSR count). The van der Waals surface area contributed by atoms with Crippen LogP contribution in [0, 0.1) is 5.82 Å². The lowest BCUT2D eigenvalue weighted by atomic mass is 10.3. The minimum Gasteiger partial charge on any atom is -0.353 e. The van der Waals surface area contributed by atoms with Gasteiger partial charge in [-0.2, -0.15) is 0 Å². The molecule has 3 nitrogen and oxygen atoms in total. The van der Waals surface area contributed by atoms with Gasteiger partial charge < -0.3 is 9.47 Å². The van der Waals surface area contributed by atoms with E-state index in [1.807, 2.05) is 0 Å². The molecule has 0 bridgehead atoms. The first-order chi connectivity index (χ1) is 8.66. The fourth-order valence-corrected chi connectivity index (χ4v) is 3.00. The highest BCUT2D eigenvalue weighted by Crippen LogP contribution is 2.19. The summed E-state index contributed by atoms with van der Waals surface area (Å²) in [6.45, 7) is 1.36. The third kappa shape index (κ3) is 3.75. The summed E-state index contributed by atoms with van der Waals surface area (Å²) in [7, 11) is -1.21. The van der Waals surface area contributed by atoms with E-state index in [1.54, 1.807) is 0 Å². The molecule has 1 aromatic carbocycles. The van der Waals surface area contributed by atoms with E-state index in [0.717, 1.165) is 6.42 Å². The van der Waals surface area contributed by atoms with Crippen LogP contribution in [0.1, 0.15) is 12.8 Å². The third-order valence-corrected chi connectivity index (χ3v) is 4.26. The maximum Gasteiger partial charge on any atom is 0.158 e. The van der Waals surface area contributed by atoms with Gasteiger partial charge >= 0.3 is 0 Å². The zero-order valence-corrected chi connectivity index (χ0v) is 11.3. The Bertz CT molecular complexity index is 435. The molecule has 18 heavy (non-hydrogen) atoms. The fraction of sp³-hybridized carbons (Fsp3) is 0.500. The second-order valence-corrected chi connectivity index (χ2v) is 5.92. The molecule has 1 aliphatic rings. The Hall–Kier alpha value is -0.490. The molecule has 100 valence electrons. The zero-order valence-electron chi connectivity index (χ0n) is 9.73. The van der Waals surface area contributed by atoms with Gasteiger partial charge in [0, 0.05) is 17.1 Å². The molecule has 0 spiro atoms. The van der Waals surface area contributed by atoms with Crippen molar-refractivity contribution in [2.24, 2.45) is 0 Å². The van der Waals surface area contributed by atoms with Gasteiger partial charge in [-0.1, -0.05) is 11.6 Å². The van der Waals surface area contributed by atoms with Crippen LogP contribution in [0.4, 0.5) is 4.39 Å². The lowest BCUT2D eigenvalue weighted by molar-refractivity contribution is -0.178. The van der Waals surface area contributed by atoms with Crippen molar-refractivity contribution in [1.82, 2.24) is 0 Å². The van der Waals surface area contributed by atoms with Crippen molar-refractivity contribution in [2.75, 3.05) is 19.0 Å². The van der Waals surface area contributed by atoms with E-state index >= 15 is 0 Å². The predicted molar refractivity (Wildman–Crippen MR) is 67.6 cm³/mol. The first-order valence-corrected chi connectivity index (χ1v) is 7.43. The van der Waals surface area contributed by atoms with Crippen molar-refractivity contribution in [1.29, 1.82) is 0 Å². The molecule has 1 saturated heterocycles. The SMILES string of the molecule is O=S(CCC1OCCCO1)c1ccc(F)c(Cl)c1. The molecule has 1 aromatic rings. The maximum atomic E-state index is 13.0. The molecular weight excluding hydrogens is 279 g/mol. The van der Waals surface area contributed by atoms with E-state index < -0.39 is 16.6 Å². The molecule has 6 heteroatoms. The van der Waals surface area contributed by atoms with Crippen LogP contribution in [0.5, 0.6) is 0 Å². The molecule has 1 aliphatic heterocycles. The van der Waals surface area contributed by atoms with Gasteiger partial charge in [-0.05, 0) is 24.6 Å². The van der Waals surface area contributed by atoms with E-state index in [2.05, 4.69) is 0 Å². The molecular formula is C12H14ClFO3S. The van der Waals surface area contributed by atoms with Gasteiger partial charge in [-0.3, -0.25) is 4.21 Å². The molecule has 1 atom stereocenters. The predicted octanol–water partition coefficient (Wildman–Crippen LogP) is 2.74. The van der Waals surface area contributed by atoms with E-state index in [9.17, 15) is 8.60 Å². The Morgan fingerprint density at radius 3 is 2.78 bits per heavy atom. The molecule has 0 aliphatic carbocycles. The summed E-state index contributed by atoms with van der Waals surface area (Å²) in [5, 5.41) is -0.00832. The average Bonchev–Trinajstić information content (AvgIpc) is 2.40. The Morgan fingerprint density at radius 1 is 1.39 bits per heavy atom. The molecule has 0 aromatic heterocycles. The Balaban J connectivity index is 1.88. The third-order valence-electron chi connectivity index (χ3n) is 2.59. The quantitative estimate of drug-likeness (QED) is 0.856. The van der Waals surface area contributed by atoms with Gasteiger partial charge in [0.1, 0.15) is 5.82 Å². The Morgan fingerprint density at radius 2 is 2.11 bits per heavy atom.